The summed E-state index contributed by atoms with van der Waals surface area (Å²) in [6.07, 6.45) is 5.00. The van der Waals surface area contributed by atoms with E-state index in [1.54, 1.807) is 19.1 Å². The van der Waals surface area contributed by atoms with Gasteiger partial charge in [-0.15, -0.1) is 0 Å². The topological polar surface area (TPSA) is 64.3 Å². The summed E-state index contributed by atoms with van der Waals surface area (Å²) in [4.78, 5) is 11.6. The van der Waals surface area contributed by atoms with Crippen molar-refractivity contribution in [3.8, 4) is 0 Å². The van der Waals surface area contributed by atoms with E-state index in [0.29, 0.717) is 23.9 Å². The number of carbonyl (C=O) groups is 1. The molecule has 4 heteroatoms. The Bertz CT molecular complexity index is 470. The second kappa shape index (κ2) is 6.64. The van der Waals surface area contributed by atoms with Gasteiger partial charge >= 0.3 is 5.97 Å². The summed E-state index contributed by atoms with van der Waals surface area (Å²) in [6.45, 7) is 4.35. The summed E-state index contributed by atoms with van der Waals surface area (Å²) < 4.78 is 4.97. The minimum Gasteiger partial charge on any atom is -0.462 e. The van der Waals surface area contributed by atoms with Gasteiger partial charge in [0.15, 0.2) is 0 Å². The van der Waals surface area contributed by atoms with Crippen molar-refractivity contribution in [3.05, 3.63) is 23.8 Å². The van der Waals surface area contributed by atoms with E-state index in [4.69, 9.17) is 10.5 Å². The molecule has 0 heterocycles. The first-order valence-electron chi connectivity index (χ1n) is 7.47. The third-order valence-corrected chi connectivity index (χ3v) is 3.73. The summed E-state index contributed by atoms with van der Waals surface area (Å²) in [5.74, 6) is 0.559. The van der Waals surface area contributed by atoms with E-state index >= 15 is 0 Å². The van der Waals surface area contributed by atoms with Crippen LogP contribution in [0.5, 0.6) is 0 Å². The molecule has 110 valence electrons. The Kier molecular flexibility index (Phi) is 4.88. The largest absolute Gasteiger partial charge is 0.462 e. The molecule has 0 radical (unpaired) electrons. The summed E-state index contributed by atoms with van der Waals surface area (Å²) >= 11 is 0. The molecule has 0 aromatic heterocycles. The normalized spacial score (nSPS) is 15.7. The van der Waals surface area contributed by atoms with Gasteiger partial charge in [0, 0.05) is 6.04 Å². The minimum absolute atomic E-state index is 0.323. The van der Waals surface area contributed by atoms with Gasteiger partial charge in [-0.05, 0) is 43.9 Å². The van der Waals surface area contributed by atoms with Crippen LogP contribution in [0, 0.1) is 5.92 Å². The van der Waals surface area contributed by atoms with Crippen LogP contribution in [-0.4, -0.2) is 18.6 Å². The van der Waals surface area contributed by atoms with Crippen LogP contribution in [0.3, 0.4) is 0 Å². The molecule has 0 amide bonds. The fraction of sp³-hybridized carbons (Fsp3) is 0.562. The van der Waals surface area contributed by atoms with Gasteiger partial charge in [0.05, 0.1) is 23.5 Å². The third kappa shape index (κ3) is 3.89. The summed E-state index contributed by atoms with van der Waals surface area (Å²) in [5.41, 5.74) is 8.05. The number of hydrogen-bond acceptors (Lipinski definition) is 4. The molecule has 1 aliphatic rings. The predicted molar refractivity (Wildman–Crippen MR) is 81.9 cm³/mol. The highest BCUT2D eigenvalue weighted by atomic mass is 16.5. The number of benzene rings is 1. The van der Waals surface area contributed by atoms with E-state index in [1.807, 2.05) is 6.07 Å². The van der Waals surface area contributed by atoms with Crippen LogP contribution >= 0.6 is 0 Å². The Balaban J connectivity index is 2.02. The molecule has 2 rings (SSSR count). The van der Waals surface area contributed by atoms with Gasteiger partial charge in [0.25, 0.3) is 0 Å². The zero-order valence-electron chi connectivity index (χ0n) is 12.3. The minimum atomic E-state index is -0.323. The number of rotatable bonds is 7. The lowest BCUT2D eigenvalue weighted by molar-refractivity contribution is 0.0526. The highest BCUT2D eigenvalue weighted by Crippen LogP contribution is 2.35. The van der Waals surface area contributed by atoms with Crippen LogP contribution < -0.4 is 11.1 Å². The van der Waals surface area contributed by atoms with Gasteiger partial charge in [-0.1, -0.05) is 19.8 Å². The number of hydrogen-bond donors (Lipinski definition) is 2. The van der Waals surface area contributed by atoms with Gasteiger partial charge in [0.1, 0.15) is 0 Å². The van der Waals surface area contributed by atoms with E-state index in [1.165, 1.54) is 19.3 Å². The van der Waals surface area contributed by atoms with E-state index < -0.39 is 0 Å². The van der Waals surface area contributed by atoms with Crippen molar-refractivity contribution in [1.29, 1.82) is 0 Å². The van der Waals surface area contributed by atoms with E-state index in [9.17, 15) is 4.79 Å². The van der Waals surface area contributed by atoms with Gasteiger partial charge in [-0.25, -0.2) is 4.79 Å². The van der Waals surface area contributed by atoms with Crippen LogP contribution in [0.2, 0.25) is 0 Å². The van der Waals surface area contributed by atoms with Crippen LogP contribution in [0.1, 0.15) is 49.9 Å². The van der Waals surface area contributed by atoms with Crippen molar-refractivity contribution in [2.75, 3.05) is 17.7 Å². The lowest BCUT2D eigenvalue weighted by atomic mass is 10.1. The monoisotopic (exact) mass is 276 g/mol. The van der Waals surface area contributed by atoms with Crippen LogP contribution in [0.15, 0.2) is 18.2 Å². The molecule has 0 bridgehead atoms. The molecular weight excluding hydrogens is 252 g/mol. The summed E-state index contributed by atoms with van der Waals surface area (Å²) in [7, 11) is 0. The Labute approximate surface area is 120 Å². The Hall–Kier alpha value is -1.71. The van der Waals surface area contributed by atoms with Crippen molar-refractivity contribution in [1.82, 2.24) is 0 Å². The van der Waals surface area contributed by atoms with Gasteiger partial charge in [0.2, 0.25) is 0 Å². The van der Waals surface area contributed by atoms with Crippen molar-refractivity contribution in [3.63, 3.8) is 0 Å². The zero-order chi connectivity index (χ0) is 14.5. The maximum Gasteiger partial charge on any atom is 0.338 e. The first kappa shape index (κ1) is 14.7. The standard InChI is InChI=1S/C16H24N2O2/c1-3-13(9-11-5-6-11)18-15-8-7-12(10-14(15)17)16(19)20-4-2/h7-8,10-11,13,18H,3-6,9,17H2,1-2H3. The predicted octanol–water partition coefficient (Wildman–Crippen LogP) is 3.44. The van der Waals surface area contributed by atoms with Gasteiger partial charge in [-0.2, -0.15) is 0 Å². The van der Waals surface area contributed by atoms with Crippen LogP contribution in [-0.2, 0) is 4.74 Å². The summed E-state index contributed by atoms with van der Waals surface area (Å²) in [6, 6.07) is 5.78. The lowest BCUT2D eigenvalue weighted by Crippen LogP contribution is -2.20. The fourth-order valence-corrected chi connectivity index (χ4v) is 2.34. The fourth-order valence-electron chi connectivity index (χ4n) is 2.34. The van der Waals surface area contributed by atoms with Crippen molar-refractivity contribution in [2.24, 2.45) is 5.92 Å². The van der Waals surface area contributed by atoms with Crippen molar-refractivity contribution in [2.45, 2.75) is 45.6 Å². The van der Waals surface area contributed by atoms with Crippen molar-refractivity contribution >= 4 is 17.3 Å². The molecule has 20 heavy (non-hydrogen) atoms. The second-order valence-corrected chi connectivity index (χ2v) is 5.45. The quantitative estimate of drug-likeness (QED) is 0.591. The van der Waals surface area contributed by atoms with Crippen molar-refractivity contribution < 1.29 is 9.53 Å². The molecule has 3 N–H and O–H groups in total. The van der Waals surface area contributed by atoms with E-state index in [2.05, 4.69) is 12.2 Å². The lowest BCUT2D eigenvalue weighted by Gasteiger charge is -2.19. The smallest absolute Gasteiger partial charge is 0.338 e. The number of nitrogens with one attached hydrogen (secondary N) is 1. The third-order valence-electron chi connectivity index (χ3n) is 3.73. The number of anilines is 2. The zero-order valence-corrected chi connectivity index (χ0v) is 12.3. The average molecular weight is 276 g/mol. The first-order chi connectivity index (χ1) is 9.63. The molecule has 0 spiro atoms. The molecule has 1 fully saturated rings. The number of carbonyl (C=O) groups excluding carboxylic acids is 1. The molecule has 1 unspecified atom stereocenters. The molecule has 0 saturated heterocycles. The Morgan fingerprint density at radius 1 is 1.45 bits per heavy atom. The SMILES string of the molecule is CCOC(=O)c1ccc(NC(CC)CC2CC2)c(N)c1. The highest BCUT2D eigenvalue weighted by Gasteiger charge is 2.24. The Morgan fingerprint density at radius 3 is 2.75 bits per heavy atom. The number of nitrogens with two attached hydrogens (primary N) is 1. The van der Waals surface area contributed by atoms with Crippen LogP contribution in [0.25, 0.3) is 0 Å². The molecule has 1 atom stereocenters. The van der Waals surface area contributed by atoms with Gasteiger partial charge in [-0.3, -0.25) is 0 Å². The Morgan fingerprint density at radius 2 is 2.20 bits per heavy atom. The first-order valence-corrected chi connectivity index (χ1v) is 7.47. The maximum atomic E-state index is 11.6. The second-order valence-electron chi connectivity index (χ2n) is 5.45. The molecular formula is C16H24N2O2. The summed E-state index contributed by atoms with van der Waals surface area (Å²) in [5, 5.41) is 3.49. The average Bonchev–Trinajstić information content (AvgIpc) is 3.24. The van der Waals surface area contributed by atoms with E-state index in [0.717, 1.165) is 18.0 Å². The molecule has 0 aliphatic heterocycles. The molecule has 1 saturated carbocycles. The number of ether oxygens (including phenoxy) is 1. The number of esters is 1. The molecule has 4 nitrogen and oxygen atoms in total. The van der Waals surface area contributed by atoms with Crippen LogP contribution in [0.4, 0.5) is 11.4 Å². The molecule has 1 aromatic rings. The maximum absolute atomic E-state index is 11.6. The number of nitrogen functional groups attached to an aromatic ring is 1. The molecule has 1 aromatic carbocycles. The van der Waals surface area contributed by atoms with Gasteiger partial charge < -0.3 is 15.8 Å². The molecule has 1 aliphatic carbocycles. The van der Waals surface area contributed by atoms with E-state index in [-0.39, 0.29) is 5.97 Å². The highest BCUT2D eigenvalue weighted by molar-refractivity contribution is 5.91.